The van der Waals surface area contributed by atoms with Crippen LogP contribution in [0.3, 0.4) is 0 Å². The molecule has 2 saturated heterocycles. The molecule has 1 aromatic heterocycles. The average Bonchev–Trinajstić information content (AvgIpc) is 3.90. The van der Waals surface area contributed by atoms with Crippen molar-refractivity contribution in [3.05, 3.63) is 101 Å². The molecule has 0 spiro atoms. The largest absolute Gasteiger partial charge is 0.494 e. The quantitative estimate of drug-likeness (QED) is 0.114. The van der Waals surface area contributed by atoms with E-state index in [4.69, 9.17) is 19.2 Å². The van der Waals surface area contributed by atoms with Crippen LogP contribution in [0.15, 0.2) is 94.7 Å². The zero-order valence-corrected chi connectivity index (χ0v) is 30.2. The van der Waals surface area contributed by atoms with E-state index >= 15 is 0 Å². The van der Waals surface area contributed by atoms with Crippen molar-refractivity contribution in [3.63, 3.8) is 0 Å². The molecule has 1 atom stereocenters. The van der Waals surface area contributed by atoms with E-state index < -0.39 is 0 Å². The van der Waals surface area contributed by atoms with Crippen LogP contribution in [0, 0.1) is 0 Å². The summed E-state index contributed by atoms with van der Waals surface area (Å²) < 4.78 is 19.5. The fourth-order valence-corrected chi connectivity index (χ4v) is 7.61. The fourth-order valence-electron chi connectivity index (χ4n) is 7.61. The first-order valence-corrected chi connectivity index (χ1v) is 18.9. The Balaban J connectivity index is 0.865. The number of benzene rings is 4. The first kappa shape index (κ1) is 34.4. The van der Waals surface area contributed by atoms with E-state index in [0.29, 0.717) is 52.7 Å². The van der Waals surface area contributed by atoms with E-state index in [1.807, 2.05) is 83.9 Å². The van der Waals surface area contributed by atoms with Crippen LogP contribution in [0.2, 0.25) is 0 Å². The number of amides is 1. The van der Waals surface area contributed by atoms with Crippen molar-refractivity contribution in [1.29, 1.82) is 0 Å². The van der Waals surface area contributed by atoms with Gasteiger partial charge in [-0.1, -0.05) is 30.3 Å². The average molecular weight is 712 g/mol. The Hall–Kier alpha value is -5.64. The number of carbonyl (C=O) groups is 1. The third kappa shape index (κ3) is 7.23. The summed E-state index contributed by atoms with van der Waals surface area (Å²) in [6.45, 7) is 3.91. The van der Waals surface area contributed by atoms with E-state index in [1.165, 1.54) is 12.8 Å². The van der Waals surface area contributed by atoms with Gasteiger partial charge in [-0.3, -0.25) is 19.1 Å². The van der Waals surface area contributed by atoms with Crippen molar-refractivity contribution in [2.45, 2.75) is 57.4 Å². The van der Waals surface area contributed by atoms with Crippen LogP contribution in [-0.2, 0) is 0 Å². The standard InChI is InChI=1S/C43H45N5O5/c1-51-39-27-36-38(44-29-33-14-11-23-47(33)42(36)49)28-40(39)53-25-10-3-2-9-24-52-34-18-15-31(16-19-34)48-41(30-12-5-4-6-13-30)45-37-20-17-32(26-35(37)43(48)50)46-21-7-8-22-46/h4-6,12-13,15-20,26-29,33H,2-3,7-11,14,21-25H2,1H3/t33-/m0/s1. The number of methoxy groups -OCH3 is 1. The molecule has 2 fully saturated rings. The Morgan fingerprint density at radius 1 is 0.755 bits per heavy atom. The van der Waals surface area contributed by atoms with Crippen LogP contribution in [0.4, 0.5) is 11.4 Å². The Bertz CT molecular complexity index is 2180. The molecule has 0 unspecified atom stereocenters. The number of aromatic nitrogens is 2. The fraction of sp³-hybridized carbons (Fsp3) is 0.349. The van der Waals surface area contributed by atoms with Crippen molar-refractivity contribution in [1.82, 2.24) is 14.5 Å². The summed E-state index contributed by atoms with van der Waals surface area (Å²) in [6.07, 6.45) is 9.95. The van der Waals surface area contributed by atoms with Crippen LogP contribution >= 0.6 is 0 Å². The van der Waals surface area contributed by atoms with E-state index in [2.05, 4.69) is 16.0 Å². The smallest absolute Gasteiger partial charge is 0.266 e. The molecule has 0 aliphatic carbocycles. The van der Waals surface area contributed by atoms with Gasteiger partial charge in [0.15, 0.2) is 11.5 Å². The highest BCUT2D eigenvalue weighted by atomic mass is 16.5. The lowest BCUT2D eigenvalue weighted by Gasteiger charge is -2.20. The van der Waals surface area contributed by atoms with Gasteiger partial charge >= 0.3 is 0 Å². The minimum Gasteiger partial charge on any atom is -0.494 e. The Kier molecular flexibility index (Phi) is 10.1. The second-order valence-electron chi connectivity index (χ2n) is 13.9. The van der Waals surface area contributed by atoms with E-state index in [1.54, 1.807) is 17.7 Å². The molecule has 3 aliphatic rings. The van der Waals surface area contributed by atoms with Crippen LogP contribution in [0.1, 0.15) is 61.7 Å². The lowest BCUT2D eigenvalue weighted by Crippen LogP contribution is -2.35. The summed E-state index contributed by atoms with van der Waals surface area (Å²) in [5.41, 5.74) is 4.50. The van der Waals surface area contributed by atoms with E-state index in [0.717, 1.165) is 80.8 Å². The summed E-state index contributed by atoms with van der Waals surface area (Å²) in [5, 5.41) is 0.614. The van der Waals surface area contributed by atoms with E-state index in [-0.39, 0.29) is 17.5 Å². The van der Waals surface area contributed by atoms with Crippen molar-refractivity contribution in [2.24, 2.45) is 4.99 Å². The van der Waals surface area contributed by atoms with Crippen molar-refractivity contribution in [2.75, 3.05) is 44.9 Å². The van der Waals surface area contributed by atoms with Gasteiger partial charge in [-0.2, -0.15) is 0 Å². The predicted octanol–water partition coefficient (Wildman–Crippen LogP) is 8.00. The minimum atomic E-state index is -0.0861. The lowest BCUT2D eigenvalue weighted by atomic mass is 10.1. The third-order valence-electron chi connectivity index (χ3n) is 10.5. The van der Waals surface area contributed by atoms with Crippen LogP contribution < -0.4 is 24.7 Å². The zero-order valence-electron chi connectivity index (χ0n) is 30.2. The van der Waals surface area contributed by atoms with Crippen LogP contribution in [0.5, 0.6) is 17.2 Å². The second-order valence-corrected chi connectivity index (χ2v) is 13.9. The van der Waals surface area contributed by atoms with Crippen molar-refractivity contribution in [3.8, 4) is 34.3 Å². The van der Waals surface area contributed by atoms with Gasteiger partial charge in [0.1, 0.15) is 11.6 Å². The molecule has 1 amide bonds. The first-order chi connectivity index (χ1) is 26.1. The van der Waals surface area contributed by atoms with Gasteiger partial charge in [-0.15, -0.1) is 0 Å². The molecule has 272 valence electrons. The molecule has 8 rings (SSSR count). The predicted molar refractivity (Wildman–Crippen MR) is 209 cm³/mol. The molecule has 0 saturated carbocycles. The van der Waals surface area contributed by atoms with Gasteiger partial charge in [-0.25, -0.2) is 4.98 Å². The molecule has 5 aromatic rings. The molecule has 4 aromatic carbocycles. The van der Waals surface area contributed by atoms with Gasteiger partial charge in [0, 0.05) is 43.2 Å². The summed E-state index contributed by atoms with van der Waals surface area (Å²) >= 11 is 0. The minimum absolute atomic E-state index is 0.00388. The third-order valence-corrected chi connectivity index (χ3v) is 10.5. The Labute approximate surface area is 309 Å². The number of unbranched alkanes of at least 4 members (excludes halogenated alkanes) is 3. The number of carbonyl (C=O) groups excluding carboxylic acids is 1. The maximum Gasteiger partial charge on any atom is 0.266 e. The molecule has 0 bridgehead atoms. The number of rotatable bonds is 13. The molecule has 10 heteroatoms. The zero-order chi connectivity index (χ0) is 36.1. The molecule has 0 radical (unpaired) electrons. The van der Waals surface area contributed by atoms with Gasteiger partial charge < -0.3 is 24.0 Å². The maximum absolute atomic E-state index is 14.2. The number of aliphatic imine (C=N–C) groups is 1. The highest BCUT2D eigenvalue weighted by Crippen LogP contribution is 2.38. The number of hydrogen-bond acceptors (Lipinski definition) is 8. The van der Waals surface area contributed by atoms with Gasteiger partial charge in [0.25, 0.3) is 11.5 Å². The number of anilines is 1. The number of ether oxygens (including phenoxy) is 3. The van der Waals surface area contributed by atoms with Crippen LogP contribution in [-0.4, -0.2) is 72.6 Å². The summed E-state index contributed by atoms with van der Waals surface area (Å²) in [6, 6.07) is 27.3. The molecular formula is C43H45N5O5. The van der Waals surface area contributed by atoms with Gasteiger partial charge in [-0.05, 0) is 99.9 Å². The van der Waals surface area contributed by atoms with Crippen molar-refractivity contribution >= 4 is 34.4 Å². The topological polar surface area (TPSA) is 98.5 Å². The van der Waals surface area contributed by atoms with Gasteiger partial charge in [0.2, 0.25) is 0 Å². The summed E-state index contributed by atoms with van der Waals surface area (Å²) in [7, 11) is 1.60. The Morgan fingerprint density at radius 2 is 1.51 bits per heavy atom. The molecule has 10 nitrogen and oxygen atoms in total. The summed E-state index contributed by atoms with van der Waals surface area (Å²) in [5.74, 6) is 2.53. The SMILES string of the molecule is COc1cc2c(cc1OCCCCCCOc1ccc(-n3c(-c4ccccc4)nc4ccc(N5CCCC5)cc4c3=O)cc1)N=C[C@@H]1CCCN1C2=O. The monoisotopic (exact) mass is 711 g/mol. The second kappa shape index (κ2) is 15.5. The maximum atomic E-state index is 14.2. The lowest BCUT2D eigenvalue weighted by molar-refractivity contribution is 0.0774. The van der Waals surface area contributed by atoms with E-state index in [9.17, 15) is 9.59 Å². The van der Waals surface area contributed by atoms with Crippen molar-refractivity contribution < 1.29 is 19.0 Å². The molecule has 4 heterocycles. The summed E-state index contributed by atoms with van der Waals surface area (Å²) in [4.78, 5) is 41.2. The number of hydrogen-bond donors (Lipinski definition) is 0. The highest BCUT2D eigenvalue weighted by Gasteiger charge is 2.32. The normalized spacial score (nSPS) is 16.5. The number of nitrogens with zero attached hydrogens (tertiary/aromatic N) is 5. The molecule has 3 aliphatic heterocycles. The number of fused-ring (bicyclic) bond motifs is 3. The highest BCUT2D eigenvalue weighted by molar-refractivity contribution is 6.03. The Morgan fingerprint density at radius 3 is 2.28 bits per heavy atom. The van der Waals surface area contributed by atoms with Gasteiger partial charge in [0.05, 0.1) is 54.2 Å². The van der Waals surface area contributed by atoms with Crippen LogP contribution in [0.25, 0.3) is 28.0 Å². The molecule has 0 N–H and O–H groups in total. The molecule has 53 heavy (non-hydrogen) atoms. The molecular weight excluding hydrogens is 667 g/mol. The first-order valence-electron chi connectivity index (χ1n) is 18.9.